The maximum absolute atomic E-state index is 12.0. The van der Waals surface area contributed by atoms with Gasteiger partial charge in [0.05, 0.1) is 12.1 Å². The van der Waals surface area contributed by atoms with Crippen molar-refractivity contribution in [1.29, 1.82) is 0 Å². The summed E-state index contributed by atoms with van der Waals surface area (Å²) in [6, 6.07) is 6.14. The van der Waals surface area contributed by atoms with Gasteiger partial charge >= 0.3 is 0 Å². The van der Waals surface area contributed by atoms with Crippen molar-refractivity contribution in [2.24, 2.45) is 0 Å². The van der Waals surface area contributed by atoms with Gasteiger partial charge in [0.2, 0.25) is 0 Å². The molecule has 2 aromatic rings. The zero-order chi connectivity index (χ0) is 13.8. The topological polar surface area (TPSA) is 54.1 Å². The van der Waals surface area contributed by atoms with E-state index in [1.165, 1.54) is 5.56 Å². The molecule has 0 aliphatic heterocycles. The minimum absolute atomic E-state index is 0.0237. The second-order valence-electron chi connectivity index (χ2n) is 4.84. The van der Waals surface area contributed by atoms with Crippen LogP contribution in [0.4, 0.5) is 0 Å². The molecule has 2 rings (SSSR count). The summed E-state index contributed by atoms with van der Waals surface area (Å²) in [6.07, 6.45) is 0. The SMILES string of the molecule is COCCNCc1cc2cc(C)cc(C)c2[nH]c1=O. The molecule has 1 aromatic heterocycles. The Balaban J connectivity index is 2.30. The van der Waals surface area contributed by atoms with Gasteiger partial charge in [-0.1, -0.05) is 11.6 Å². The average molecular weight is 260 g/mol. The second kappa shape index (κ2) is 5.99. The second-order valence-corrected chi connectivity index (χ2v) is 4.84. The number of aromatic amines is 1. The Morgan fingerprint density at radius 1 is 1.26 bits per heavy atom. The number of H-pyrrole nitrogens is 1. The largest absolute Gasteiger partial charge is 0.383 e. The van der Waals surface area contributed by atoms with E-state index < -0.39 is 0 Å². The van der Waals surface area contributed by atoms with Gasteiger partial charge in [0, 0.05) is 25.8 Å². The quantitative estimate of drug-likeness (QED) is 0.807. The lowest BCUT2D eigenvalue weighted by Gasteiger charge is -2.08. The molecule has 0 saturated carbocycles. The van der Waals surface area contributed by atoms with E-state index >= 15 is 0 Å². The number of hydrogen-bond donors (Lipinski definition) is 2. The first-order chi connectivity index (χ1) is 9.11. The zero-order valence-corrected chi connectivity index (χ0v) is 11.7. The smallest absolute Gasteiger partial charge is 0.252 e. The summed E-state index contributed by atoms with van der Waals surface area (Å²) in [5, 5.41) is 4.28. The molecule has 0 fully saturated rings. The third-order valence-corrected chi connectivity index (χ3v) is 3.17. The normalized spacial score (nSPS) is 11.1. The fourth-order valence-corrected chi connectivity index (χ4v) is 2.26. The molecule has 0 atom stereocenters. The van der Waals surface area contributed by atoms with Crippen molar-refractivity contribution in [3.8, 4) is 0 Å². The molecule has 19 heavy (non-hydrogen) atoms. The van der Waals surface area contributed by atoms with Crippen molar-refractivity contribution in [1.82, 2.24) is 10.3 Å². The molecule has 2 N–H and O–H groups in total. The van der Waals surface area contributed by atoms with Gasteiger partial charge in [0.1, 0.15) is 0 Å². The summed E-state index contributed by atoms with van der Waals surface area (Å²) in [5.41, 5.74) is 3.97. The van der Waals surface area contributed by atoms with Gasteiger partial charge < -0.3 is 15.0 Å². The Kier molecular flexibility index (Phi) is 4.35. The van der Waals surface area contributed by atoms with E-state index in [1.54, 1.807) is 7.11 Å². The highest BCUT2D eigenvalue weighted by Gasteiger charge is 2.05. The van der Waals surface area contributed by atoms with Crippen molar-refractivity contribution >= 4 is 10.9 Å². The zero-order valence-electron chi connectivity index (χ0n) is 11.7. The molecule has 1 heterocycles. The number of pyridine rings is 1. The van der Waals surface area contributed by atoms with E-state index in [9.17, 15) is 4.79 Å². The first kappa shape index (κ1) is 13.8. The van der Waals surface area contributed by atoms with Crippen molar-refractivity contribution in [3.05, 3.63) is 45.2 Å². The van der Waals surface area contributed by atoms with E-state index in [0.717, 1.165) is 28.6 Å². The van der Waals surface area contributed by atoms with Gasteiger partial charge in [-0.3, -0.25) is 4.79 Å². The van der Waals surface area contributed by atoms with E-state index in [0.29, 0.717) is 13.2 Å². The number of nitrogens with one attached hydrogen (secondary N) is 2. The molecule has 0 spiro atoms. The Hall–Kier alpha value is -1.65. The lowest BCUT2D eigenvalue weighted by Crippen LogP contribution is -2.23. The Morgan fingerprint density at radius 2 is 2.05 bits per heavy atom. The molecule has 0 saturated heterocycles. The fourth-order valence-electron chi connectivity index (χ4n) is 2.26. The first-order valence-electron chi connectivity index (χ1n) is 6.44. The Bertz CT molecular complexity index is 632. The predicted molar refractivity (Wildman–Crippen MR) is 77.6 cm³/mol. The number of rotatable bonds is 5. The average Bonchev–Trinajstić information content (AvgIpc) is 2.36. The molecule has 102 valence electrons. The molecule has 0 radical (unpaired) electrons. The van der Waals surface area contributed by atoms with Crippen LogP contribution in [0.1, 0.15) is 16.7 Å². The van der Waals surface area contributed by atoms with Crippen LogP contribution in [0.25, 0.3) is 10.9 Å². The summed E-state index contributed by atoms with van der Waals surface area (Å²) < 4.78 is 4.96. The minimum atomic E-state index is -0.0237. The molecular weight excluding hydrogens is 240 g/mol. The van der Waals surface area contributed by atoms with Crippen LogP contribution in [0.2, 0.25) is 0 Å². The number of methoxy groups -OCH3 is 1. The maximum atomic E-state index is 12.0. The fraction of sp³-hybridized carbons (Fsp3) is 0.400. The third kappa shape index (κ3) is 3.22. The van der Waals surface area contributed by atoms with Crippen LogP contribution in [0, 0.1) is 13.8 Å². The van der Waals surface area contributed by atoms with Crippen LogP contribution in [0.5, 0.6) is 0 Å². The molecule has 0 bridgehead atoms. The minimum Gasteiger partial charge on any atom is -0.383 e. The van der Waals surface area contributed by atoms with Crippen molar-refractivity contribution in [3.63, 3.8) is 0 Å². The van der Waals surface area contributed by atoms with E-state index in [1.807, 2.05) is 13.0 Å². The molecule has 4 heteroatoms. The molecule has 1 aromatic carbocycles. The van der Waals surface area contributed by atoms with Crippen LogP contribution in [0.3, 0.4) is 0 Å². The molecular formula is C15H20N2O2. The lowest BCUT2D eigenvalue weighted by molar-refractivity contribution is 0.199. The molecule has 0 aliphatic rings. The maximum Gasteiger partial charge on any atom is 0.252 e. The first-order valence-corrected chi connectivity index (χ1v) is 6.44. The number of fused-ring (bicyclic) bond motifs is 1. The summed E-state index contributed by atoms with van der Waals surface area (Å²) in [5.74, 6) is 0. The summed E-state index contributed by atoms with van der Waals surface area (Å²) >= 11 is 0. The monoisotopic (exact) mass is 260 g/mol. The predicted octanol–water partition coefficient (Wildman–Crippen LogP) is 1.88. The highest BCUT2D eigenvalue weighted by Crippen LogP contribution is 2.17. The number of benzene rings is 1. The number of hydrogen-bond acceptors (Lipinski definition) is 3. The van der Waals surface area contributed by atoms with Gasteiger partial charge in [0.25, 0.3) is 5.56 Å². The highest BCUT2D eigenvalue weighted by atomic mass is 16.5. The number of ether oxygens (including phenoxy) is 1. The Morgan fingerprint density at radius 3 is 2.79 bits per heavy atom. The standard InChI is InChI=1S/C15H20N2O2/c1-10-6-11(2)14-12(7-10)8-13(15(18)17-14)9-16-4-5-19-3/h6-8,16H,4-5,9H2,1-3H3,(H,17,18). The summed E-state index contributed by atoms with van der Waals surface area (Å²) in [7, 11) is 1.66. The van der Waals surface area contributed by atoms with E-state index in [4.69, 9.17) is 4.74 Å². The van der Waals surface area contributed by atoms with Crippen LogP contribution in [-0.2, 0) is 11.3 Å². The summed E-state index contributed by atoms with van der Waals surface area (Å²) in [6.45, 7) is 6.02. The lowest BCUT2D eigenvalue weighted by atomic mass is 10.1. The van der Waals surface area contributed by atoms with E-state index in [2.05, 4.69) is 29.4 Å². The van der Waals surface area contributed by atoms with Gasteiger partial charge in [-0.2, -0.15) is 0 Å². The molecule has 4 nitrogen and oxygen atoms in total. The van der Waals surface area contributed by atoms with Crippen molar-refractivity contribution in [2.45, 2.75) is 20.4 Å². The van der Waals surface area contributed by atoms with Gasteiger partial charge in [-0.05, 0) is 36.9 Å². The van der Waals surface area contributed by atoms with Gasteiger partial charge in [0.15, 0.2) is 0 Å². The molecule has 0 unspecified atom stereocenters. The highest BCUT2D eigenvalue weighted by molar-refractivity contribution is 5.82. The third-order valence-electron chi connectivity index (χ3n) is 3.17. The number of aryl methyl sites for hydroxylation is 2. The molecule has 0 amide bonds. The number of aromatic nitrogens is 1. The van der Waals surface area contributed by atoms with Crippen molar-refractivity contribution in [2.75, 3.05) is 20.3 Å². The van der Waals surface area contributed by atoms with Crippen molar-refractivity contribution < 1.29 is 4.74 Å². The van der Waals surface area contributed by atoms with Gasteiger partial charge in [-0.15, -0.1) is 0 Å². The van der Waals surface area contributed by atoms with Crippen LogP contribution < -0.4 is 10.9 Å². The van der Waals surface area contributed by atoms with E-state index in [-0.39, 0.29) is 5.56 Å². The molecule has 0 aliphatic carbocycles. The van der Waals surface area contributed by atoms with Crippen LogP contribution in [-0.4, -0.2) is 25.2 Å². The van der Waals surface area contributed by atoms with Gasteiger partial charge in [-0.25, -0.2) is 0 Å². The van der Waals surface area contributed by atoms with Crippen LogP contribution >= 0.6 is 0 Å². The summed E-state index contributed by atoms with van der Waals surface area (Å²) in [4.78, 5) is 15.0. The van der Waals surface area contributed by atoms with Crippen LogP contribution in [0.15, 0.2) is 23.0 Å². The Labute approximate surface area is 112 Å².